The van der Waals surface area contributed by atoms with Crippen molar-refractivity contribution >= 4 is 15.9 Å². The second-order valence-electron chi connectivity index (χ2n) is 5.26. The van der Waals surface area contributed by atoms with Crippen LogP contribution in [0.4, 0.5) is 4.39 Å². The van der Waals surface area contributed by atoms with Crippen LogP contribution in [-0.2, 0) is 6.42 Å². The first-order chi connectivity index (χ1) is 7.30. The van der Waals surface area contributed by atoms with Crippen LogP contribution in [0.3, 0.4) is 0 Å². The summed E-state index contributed by atoms with van der Waals surface area (Å²) in [5, 5.41) is 0. The molecule has 0 amide bonds. The molecular formula is C13H19BrFN. The minimum absolute atomic E-state index is 0.0306. The van der Waals surface area contributed by atoms with E-state index in [1.54, 1.807) is 0 Å². The highest BCUT2D eigenvalue weighted by Crippen LogP contribution is 2.29. The molecule has 2 N–H and O–H groups in total. The van der Waals surface area contributed by atoms with Gasteiger partial charge in [-0.2, -0.15) is 0 Å². The summed E-state index contributed by atoms with van der Waals surface area (Å²) in [4.78, 5) is 0. The van der Waals surface area contributed by atoms with E-state index in [-0.39, 0.29) is 17.3 Å². The van der Waals surface area contributed by atoms with Crippen molar-refractivity contribution in [1.29, 1.82) is 0 Å². The molecule has 0 fully saturated rings. The van der Waals surface area contributed by atoms with E-state index in [9.17, 15) is 4.39 Å². The highest BCUT2D eigenvalue weighted by molar-refractivity contribution is 9.10. The molecule has 0 aromatic heterocycles. The Morgan fingerprint density at radius 2 is 2.06 bits per heavy atom. The average molecular weight is 288 g/mol. The molecule has 0 saturated carbocycles. The Kier molecular flexibility index (Phi) is 4.51. The van der Waals surface area contributed by atoms with Crippen LogP contribution in [0.2, 0.25) is 0 Å². The quantitative estimate of drug-likeness (QED) is 0.893. The molecule has 1 nitrogen and oxygen atoms in total. The third kappa shape index (κ3) is 4.22. The minimum atomic E-state index is -0.146. The molecule has 0 saturated heterocycles. The lowest BCUT2D eigenvalue weighted by Crippen LogP contribution is -2.27. The van der Waals surface area contributed by atoms with E-state index in [1.807, 2.05) is 19.1 Å². The van der Waals surface area contributed by atoms with Crippen LogP contribution in [0.1, 0.15) is 32.8 Å². The summed E-state index contributed by atoms with van der Waals surface area (Å²) in [5.41, 5.74) is 6.58. The van der Waals surface area contributed by atoms with Crippen molar-refractivity contribution in [3.63, 3.8) is 0 Å². The van der Waals surface area contributed by atoms with E-state index in [1.165, 1.54) is 6.07 Å². The molecular weight excluding hydrogens is 269 g/mol. The topological polar surface area (TPSA) is 26.0 Å². The standard InChI is InChI=1S/C13H19BrFN/c1-9(16)7-13(2,3)8-10-4-5-11(14)6-12(10)15/h4-6,9H,7-8,16H2,1-3H3. The van der Waals surface area contributed by atoms with Crippen LogP contribution in [0, 0.1) is 11.2 Å². The molecule has 0 bridgehead atoms. The van der Waals surface area contributed by atoms with Crippen LogP contribution in [-0.4, -0.2) is 6.04 Å². The van der Waals surface area contributed by atoms with Gasteiger partial charge in [0.2, 0.25) is 0 Å². The summed E-state index contributed by atoms with van der Waals surface area (Å²) in [6.07, 6.45) is 1.61. The largest absolute Gasteiger partial charge is 0.328 e. The van der Waals surface area contributed by atoms with Crippen molar-refractivity contribution in [3.05, 3.63) is 34.1 Å². The maximum Gasteiger partial charge on any atom is 0.127 e. The summed E-state index contributed by atoms with van der Waals surface area (Å²) in [6.45, 7) is 6.23. The predicted octanol–water partition coefficient (Wildman–Crippen LogP) is 3.89. The normalized spacial score (nSPS) is 13.9. The number of benzene rings is 1. The van der Waals surface area contributed by atoms with E-state index in [0.717, 1.165) is 16.5 Å². The van der Waals surface area contributed by atoms with Gasteiger partial charge in [0.15, 0.2) is 0 Å². The van der Waals surface area contributed by atoms with Gasteiger partial charge in [-0.05, 0) is 42.9 Å². The second-order valence-corrected chi connectivity index (χ2v) is 6.17. The van der Waals surface area contributed by atoms with Crippen molar-refractivity contribution < 1.29 is 4.39 Å². The lowest BCUT2D eigenvalue weighted by molar-refractivity contribution is 0.305. The van der Waals surface area contributed by atoms with Crippen LogP contribution in [0.15, 0.2) is 22.7 Å². The van der Waals surface area contributed by atoms with Crippen molar-refractivity contribution in [2.24, 2.45) is 11.1 Å². The average Bonchev–Trinajstić information content (AvgIpc) is 2.07. The highest BCUT2D eigenvalue weighted by atomic mass is 79.9. The molecule has 0 aliphatic heterocycles. The zero-order chi connectivity index (χ0) is 12.3. The monoisotopic (exact) mass is 287 g/mol. The van der Waals surface area contributed by atoms with Gasteiger partial charge in [0, 0.05) is 10.5 Å². The molecule has 1 aromatic carbocycles. The summed E-state index contributed by atoms with van der Waals surface area (Å²) < 4.78 is 14.4. The van der Waals surface area contributed by atoms with Gasteiger partial charge in [-0.1, -0.05) is 35.8 Å². The molecule has 1 unspecified atom stereocenters. The Morgan fingerprint density at radius 1 is 1.44 bits per heavy atom. The summed E-state index contributed by atoms with van der Waals surface area (Å²) >= 11 is 3.26. The van der Waals surface area contributed by atoms with Crippen LogP contribution in [0.25, 0.3) is 0 Å². The maximum absolute atomic E-state index is 13.7. The number of hydrogen-bond acceptors (Lipinski definition) is 1. The van der Waals surface area contributed by atoms with E-state index in [0.29, 0.717) is 6.42 Å². The summed E-state index contributed by atoms with van der Waals surface area (Å²) in [7, 11) is 0. The summed E-state index contributed by atoms with van der Waals surface area (Å²) in [6, 6.07) is 5.37. The molecule has 0 heterocycles. The van der Waals surface area contributed by atoms with Gasteiger partial charge in [-0.15, -0.1) is 0 Å². The number of nitrogens with two attached hydrogens (primary N) is 1. The van der Waals surface area contributed by atoms with Gasteiger partial charge < -0.3 is 5.73 Å². The number of halogens is 2. The van der Waals surface area contributed by atoms with Crippen LogP contribution in [0.5, 0.6) is 0 Å². The number of rotatable bonds is 4. The van der Waals surface area contributed by atoms with E-state index in [4.69, 9.17) is 5.73 Å². The third-order valence-electron chi connectivity index (χ3n) is 2.56. The van der Waals surface area contributed by atoms with Gasteiger partial charge in [-0.25, -0.2) is 4.39 Å². The minimum Gasteiger partial charge on any atom is -0.328 e. The fourth-order valence-corrected chi connectivity index (χ4v) is 2.46. The Bertz CT molecular complexity index is 361. The third-order valence-corrected chi connectivity index (χ3v) is 3.05. The SMILES string of the molecule is CC(N)CC(C)(C)Cc1ccc(Br)cc1F. The first-order valence-corrected chi connectivity index (χ1v) is 6.29. The maximum atomic E-state index is 13.7. The van der Waals surface area contributed by atoms with E-state index < -0.39 is 0 Å². The lowest BCUT2D eigenvalue weighted by atomic mass is 9.80. The molecule has 16 heavy (non-hydrogen) atoms. The molecule has 0 spiro atoms. The Balaban J connectivity index is 2.79. The smallest absolute Gasteiger partial charge is 0.127 e. The Labute approximate surface area is 105 Å². The fourth-order valence-electron chi connectivity index (χ4n) is 2.12. The van der Waals surface area contributed by atoms with E-state index >= 15 is 0 Å². The molecule has 1 rings (SSSR count). The lowest BCUT2D eigenvalue weighted by Gasteiger charge is -2.26. The van der Waals surface area contributed by atoms with Crippen molar-refractivity contribution in [1.82, 2.24) is 0 Å². The first kappa shape index (κ1) is 13.7. The molecule has 0 aliphatic rings. The van der Waals surface area contributed by atoms with Crippen LogP contribution < -0.4 is 5.73 Å². The van der Waals surface area contributed by atoms with E-state index in [2.05, 4.69) is 29.8 Å². The van der Waals surface area contributed by atoms with Gasteiger partial charge >= 0.3 is 0 Å². The zero-order valence-electron chi connectivity index (χ0n) is 10.1. The Hall–Kier alpha value is -0.410. The molecule has 0 radical (unpaired) electrons. The Morgan fingerprint density at radius 3 is 2.56 bits per heavy atom. The zero-order valence-corrected chi connectivity index (χ0v) is 11.6. The first-order valence-electron chi connectivity index (χ1n) is 5.50. The second kappa shape index (κ2) is 5.28. The van der Waals surface area contributed by atoms with Gasteiger partial charge in [0.05, 0.1) is 0 Å². The molecule has 0 aliphatic carbocycles. The van der Waals surface area contributed by atoms with Gasteiger partial charge in [-0.3, -0.25) is 0 Å². The number of hydrogen-bond donors (Lipinski definition) is 1. The van der Waals surface area contributed by atoms with Gasteiger partial charge in [0.1, 0.15) is 5.82 Å². The molecule has 90 valence electrons. The molecule has 1 atom stereocenters. The summed E-state index contributed by atoms with van der Waals surface area (Å²) in [5.74, 6) is -0.146. The van der Waals surface area contributed by atoms with Crippen molar-refractivity contribution in [2.75, 3.05) is 0 Å². The van der Waals surface area contributed by atoms with Crippen molar-refractivity contribution in [3.8, 4) is 0 Å². The highest BCUT2D eigenvalue weighted by Gasteiger charge is 2.21. The predicted molar refractivity (Wildman–Crippen MR) is 69.9 cm³/mol. The van der Waals surface area contributed by atoms with Crippen LogP contribution >= 0.6 is 15.9 Å². The van der Waals surface area contributed by atoms with Gasteiger partial charge in [0.25, 0.3) is 0 Å². The fraction of sp³-hybridized carbons (Fsp3) is 0.538. The molecule has 3 heteroatoms. The molecule has 1 aromatic rings. The van der Waals surface area contributed by atoms with Crippen molar-refractivity contribution in [2.45, 2.75) is 39.7 Å².